The maximum atomic E-state index is 5.41. The third-order valence-corrected chi connectivity index (χ3v) is 4.01. The lowest BCUT2D eigenvalue weighted by Gasteiger charge is -2.14. The minimum Gasteiger partial charge on any atom is -0.497 e. The molecule has 8 nitrogen and oxygen atoms in total. The maximum absolute atomic E-state index is 5.41. The molecule has 1 heterocycles. The van der Waals surface area contributed by atoms with Gasteiger partial charge in [-0.2, -0.15) is 0 Å². The summed E-state index contributed by atoms with van der Waals surface area (Å²) in [6.07, 6.45) is 1.47. The number of nitrogens with one attached hydrogen (secondary N) is 2. The van der Waals surface area contributed by atoms with Crippen LogP contribution in [0.5, 0.6) is 23.0 Å². The van der Waals surface area contributed by atoms with Crippen LogP contribution < -0.4 is 29.6 Å². The summed E-state index contributed by atoms with van der Waals surface area (Å²) in [6.45, 7) is 0. The first-order valence-electron chi connectivity index (χ1n) is 8.47. The van der Waals surface area contributed by atoms with Crippen molar-refractivity contribution < 1.29 is 18.9 Å². The average molecular weight is 382 g/mol. The van der Waals surface area contributed by atoms with Gasteiger partial charge < -0.3 is 29.6 Å². The number of methoxy groups -OCH3 is 4. The predicted octanol–water partition coefficient (Wildman–Crippen LogP) is 4.00. The van der Waals surface area contributed by atoms with Crippen molar-refractivity contribution in [1.82, 2.24) is 9.97 Å². The largest absolute Gasteiger partial charge is 0.497 e. The number of hydrogen-bond acceptors (Lipinski definition) is 8. The first-order valence-corrected chi connectivity index (χ1v) is 8.47. The Morgan fingerprint density at radius 3 is 1.46 bits per heavy atom. The van der Waals surface area contributed by atoms with E-state index in [0.717, 1.165) is 11.4 Å². The second kappa shape index (κ2) is 8.81. The molecule has 28 heavy (non-hydrogen) atoms. The normalized spacial score (nSPS) is 10.1. The van der Waals surface area contributed by atoms with Crippen molar-refractivity contribution in [3.63, 3.8) is 0 Å². The highest BCUT2D eigenvalue weighted by atomic mass is 16.5. The smallest absolute Gasteiger partial charge is 0.146 e. The minimum absolute atomic E-state index is 0.605. The molecule has 146 valence electrons. The number of anilines is 4. The standard InChI is InChI=1S/C20H22N4O4/c1-25-13-5-7-15(17(9-13)27-3)23-19-11-20(22-12-21-19)24-16-8-6-14(26-2)10-18(16)28-4/h5-12H,1-4H3,(H2,21,22,23,24). The molecule has 3 rings (SSSR count). The zero-order valence-corrected chi connectivity index (χ0v) is 16.1. The van der Waals surface area contributed by atoms with Crippen LogP contribution in [0, 0.1) is 0 Å². The van der Waals surface area contributed by atoms with Crippen LogP contribution in [0.25, 0.3) is 0 Å². The molecule has 0 aliphatic heterocycles. The van der Waals surface area contributed by atoms with E-state index < -0.39 is 0 Å². The van der Waals surface area contributed by atoms with Gasteiger partial charge in [-0.05, 0) is 24.3 Å². The van der Waals surface area contributed by atoms with Gasteiger partial charge in [0.15, 0.2) is 0 Å². The summed E-state index contributed by atoms with van der Waals surface area (Å²) in [6, 6.07) is 12.8. The van der Waals surface area contributed by atoms with Gasteiger partial charge in [0.1, 0.15) is 41.0 Å². The van der Waals surface area contributed by atoms with Gasteiger partial charge in [0.2, 0.25) is 0 Å². The molecule has 0 atom stereocenters. The van der Waals surface area contributed by atoms with Crippen molar-refractivity contribution >= 4 is 23.0 Å². The van der Waals surface area contributed by atoms with E-state index >= 15 is 0 Å². The van der Waals surface area contributed by atoms with E-state index in [9.17, 15) is 0 Å². The van der Waals surface area contributed by atoms with Crippen LogP contribution in [0.4, 0.5) is 23.0 Å². The SMILES string of the molecule is COc1ccc(Nc2cc(Nc3ccc(OC)cc3OC)ncn2)c(OC)c1. The van der Waals surface area contributed by atoms with Gasteiger partial charge >= 0.3 is 0 Å². The Morgan fingerprint density at radius 1 is 0.607 bits per heavy atom. The van der Waals surface area contributed by atoms with Crippen molar-refractivity contribution in [2.45, 2.75) is 0 Å². The number of aromatic nitrogens is 2. The topological polar surface area (TPSA) is 86.8 Å². The van der Waals surface area contributed by atoms with Crippen LogP contribution in [0.3, 0.4) is 0 Å². The number of nitrogens with zero attached hydrogens (tertiary/aromatic N) is 2. The molecule has 0 aliphatic rings. The first kappa shape index (κ1) is 19.1. The Morgan fingerprint density at radius 2 is 1.07 bits per heavy atom. The molecule has 0 saturated carbocycles. The number of hydrogen-bond donors (Lipinski definition) is 2. The molecule has 3 aromatic rings. The van der Waals surface area contributed by atoms with Gasteiger partial charge in [-0.25, -0.2) is 9.97 Å². The average Bonchev–Trinajstić information content (AvgIpc) is 2.74. The van der Waals surface area contributed by atoms with Crippen LogP contribution in [0.15, 0.2) is 48.8 Å². The Hall–Kier alpha value is -3.68. The van der Waals surface area contributed by atoms with Crippen LogP contribution >= 0.6 is 0 Å². The highest BCUT2D eigenvalue weighted by Crippen LogP contribution is 2.33. The zero-order valence-electron chi connectivity index (χ0n) is 16.1. The maximum Gasteiger partial charge on any atom is 0.146 e. The molecule has 2 aromatic carbocycles. The van der Waals surface area contributed by atoms with Crippen molar-refractivity contribution in [3.05, 3.63) is 48.8 Å². The third-order valence-electron chi connectivity index (χ3n) is 4.01. The van der Waals surface area contributed by atoms with E-state index in [0.29, 0.717) is 34.6 Å². The lowest BCUT2D eigenvalue weighted by atomic mass is 10.2. The molecule has 0 bridgehead atoms. The fourth-order valence-corrected chi connectivity index (χ4v) is 2.57. The van der Waals surface area contributed by atoms with Gasteiger partial charge in [-0.3, -0.25) is 0 Å². The molecule has 0 spiro atoms. The van der Waals surface area contributed by atoms with E-state index in [-0.39, 0.29) is 0 Å². The molecule has 0 amide bonds. The van der Waals surface area contributed by atoms with Crippen molar-refractivity contribution in [3.8, 4) is 23.0 Å². The van der Waals surface area contributed by atoms with E-state index in [4.69, 9.17) is 18.9 Å². The number of benzene rings is 2. The predicted molar refractivity (Wildman–Crippen MR) is 108 cm³/mol. The second-order valence-electron chi connectivity index (χ2n) is 5.67. The molecule has 0 aliphatic carbocycles. The van der Waals surface area contributed by atoms with Crippen LogP contribution in [0.1, 0.15) is 0 Å². The fraction of sp³-hybridized carbons (Fsp3) is 0.200. The molecule has 0 radical (unpaired) electrons. The zero-order chi connectivity index (χ0) is 19.9. The van der Waals surface area contributed by atoms with Gasteiger partial charge in [-0.1, -0.05) is 0 Å². The van der Waals surface area contributed by atoms with Gasteiger partial charge in [0.05, 0.1) is 39.8 Å². The molecule has 1 aromatic heterocycles. The summed E-state index contributed by atoms with van der Waals surface area (Å²) in [5.74, 6) is 3.91. The molecule has 0 unspecified atom stereocenters. The van der Waals surface area contributed by atoms with Gasteiger partial charge in [0.25, 0.3) is 0 Å². The molecule has 2 N–H and O–H groups in total. The lowest BCUT2D eigenvalue weighted by molar-refractivity contribution is 0.395. The summed E-state index contributed by atoms with van der Waals surface area (Å²) in [5.41, 5.74) is 1.52. The van der Waals surface area contributed by atoms with E-state index in [1.807, 2.05) is 24.3 Å². The van der Waals surface area contributed by atoms with Gasteiger partial charge in [0, 0.05) is 18.2 Å². The second-order valence-corrected chi connectivity index (χ2v) is 5.67. The summed E-state index contributed by atoms with van der Waals surface area (Å²) in [5, 5.41) is 6.45. The van der Waals surface area contributed by atoms with E-state index in [1.54, 1.807) is 46.6 Å². The Bertz CT molecular complexity index is 876. The Kier molecular flexibility index (Phi) is 6.01. The van der Waals surface area contributed by atoms with Crippen LogP contribution in [0.2, 0.25) is 0 Å². The van der Waals surface area contributed by atoms with Gasteiger partial charge in [-0.15, -0.1) is 0 Å². The number of ether oxygens (including phenoxy) is 4. The third kappa shape index (κ3) is 4.35. The van der Waals surface area contributed by atoms with Crippen LogP contribution in [-0.4, -0.2) is 38.4 Å². The van der Waals surface area contributed by atoms with E-state index in [1.165, 1.54) is 6.33 Å². The molecule has 0 saturated heterocycles. The highest BCUT2D eigenvalue weighted by Gasteiger charge is 2.09. The van der Waals surface area contributed by atoms with Crippen molar-refractivity contribution in [2.24, 2.45) is 0 Å². The Balaban J connectivity index is 1.82. The molecular formula is C20H22N4O4. The minimum atomic E-state index is 0.605. The summed E-state index contributed by atoms with van der Waals surface area (Å²) < 4.78 is 21.3. The van der Waals surface area contributed by atoms with Crippen molar-refractivity contribution in [2.75, 3.05) is 39.1 Å². The lowest BCUT2D eigenvalue weighted by Crippen LogP contribution is -2.01. The fourth-order valence-electron chi connectivity index (χ4n) is 2.57. The van der Waals surface area contributed by atoms with Crippen LogP contribution in [-0.2, 0) is 0 Å². The summed E-state index contributed by atoms with van der Waals surface area (Å²) >= 11 is 0. The quantitative estimate of drug-likeness (QED) is 0.605. The Labute approximate surface area is 163 Å². The summed E-state index contributed by atoms with van der Waals surface area (Å²) in [7, 11) is 6.42. The number of rotatable bonds is 8. The highest BCUT2D eigenvalue weighted by molar-refractivity contribution is 5.70. The van der Waals surface area contributed by atoms with Crippen molar-refractivity contribution in [1.29, 1.82) is 0 Å². The summed E-state index contributed by atoms with van der Waals surface area (Å²) in [4.78, 5) is 8.53. The monoisotopic (exact) mass is 382 g/mol. The van der Waals surface area contributed by atoms with E-state index in [2.05, 4.69) is 20.6 Å². The molecular weight excluding hydrogens is 360 g/mol. The first-order chi connectivity index (χ1) is 13.7. The molecule has 8 heteroatoms. The molecule has 0 fully saturated rings.